The standard InChI is InChI=1S/C11H16O/c1-2-9-5-3-4-7-11(9)8-6-10(11)12/h2H,3-8H2,1H3/b9-2+. The highest BCUT2D eigenvalue weighted by molar-refractivity contribution is 5.93. The minimum absolute atomic E-state index is 0.0486. The molecule has 1 atom stereocenters. The van der Waals surface area contributed by atoms with Crippen molar-refractivity contribution in [2.75, 3.05) is 0 Å². The Kier molecular flexibility index (Phi) is 1.82. The smallest absolute Gasteiger partial charge is 0.143 e. The molecule has 0 saturated heterocycles. The van der Waals surface area contributed by atoms with Crippen LogP contribution in [0.4, 0.5) is 0 Å². The molecule has 0 amide bonds. The Morgan fingerprint density at radius 3 is 2.50 bits per heavy atom. The molecule has 1 spiro atoms. The van der Waals surface area contributed by atoms with Crippen molar-refractivity contribution >= 4 is 5.78 Å². The van der Waals surface area contributed by atoms with Gasteiger partial charge in [-0.05, 0) is 32.6 Å². The Labute approximate surface area is 73.8 Å². The summed E-state index contributed by atoms with van der Waals surface area (Å²) in [5.74, 6) is 0.510. The zero-order valence-corrected chi connectivity index (χ0v) is 7.73. The van der Waals surface area contributed by atoms with Crippen LogP contribution in [0.25, 0.3) is 0 Å². The molecule has 0 radical (unpaired) electrons. The van der Waals surface area contributed by atoms with Gasteiger partial charge >= 0.3 is 0 Å². The van der Waals surface area contributed by atoms with E-state index in [0.29, 0.717) is 5.78 Å². The van der Waals surface area contributed by atoms with Gasteiger partial charge in [0.2, 0.25) is 0 Å². The molecule has 2 saturated carbocycles. The van der Waals surface area contributed by atoms with Gasteiger partial charge in [-0.2, -0.15) is 0 Å². The second kappa shape index (κ2) is 2.72. The molecule has 2 aliphatic rings. The van der Waals surface area contributed by atoms with Crippen molar-refractivity contribution in [1.29, 1.82) is 0 Å². The lowest BCUT2D eigenvalue weighted by Crippen LogP contribution is -2.43. The van der Waals surface area contributed by atoms with Crippen LogP contribution < -0.4 is 0 Å². The molecular weight excluding hydrogens is 148 g/mol. The van der Waals surface area contributed by atoms with Gasteiger partial charge in [-0.1, -0.05) is 18.1 Å². The van der Waals surface area contributed by atoms with Gasteiger partial charge in [0.25, 0.3) is 0 Å². The SMILES string of the molecule is C/C=C1\CCCCC12CCC2=O. The van der Waals surface area contributed by atoms with Gasteiger partial charge in [-0.3, -0.25) is 4.79 Å². The Bertz CT molecular complexity index is 239. The zero-order chi connectivity index (χ0) is 8.60. The number of Topliss-reactive ketones (excluding diaryl/α,β-unsaturated/α-hetero) is 1. The monoisotopic (exact) mass is 164 g/mol. The first kappa shape index (κ1) is 8.03. The fourth-order valence-corrected chi connectivity index (χ4v) is 2.70. The molecular formula is C11H16O. The van der Waals surface area contributed by atoms with E-state index in [0.717, 1.165) is 19.3 Å². The molecule has 0 bridgehead atoms. The second-order valence-corrected chi connectivity index (χ2v) is 4.03. The second-order valence-electron chi connectivity index (χ2n) is 4.03. The summed E-state index contributed by atoms with van der Waals surface area (Å²) < 4.78 is 0. The Hall–Kier alpha value is -0.590. The predicted octanol–water partition coefficient (Wildman–Crippen LogP) is 2.86. The summed E-state index contributed by atoms with van der Waals surface area (Å²) in [7, 11) is 0. The van der Waals surface area contributed by atoms with E-state index >= 15 is 0 Å². The van der Waals surface area contributed by atoms with Crippen LogP contribution in [-0.2, 0) is 4.79 Å². The van der Waals surface area contributed by atoms with E-state index in [9.17, 15) is 4.79 Å². The summed E-state index contributed by atoms with van der Waals surface area (Å²) >= 11 is 0. The third kappa shape index (κ3) is 0.886. The quantitative estimate of drug-likeness (QED) is 0.503. The van der Waals surface area contributed by atoms with Crippen LogP contribution >= 0.6 is 0 Å². The van der Waals surface area contributed by atoms with Crippen molar-refractivity contribution in [3.8, 4) is 0 Å². The summed E-state index contributed by atoms with van der Waals surface area (Å²) in [4.78, 5) is 11.5. The van der Waals surface area contributed by atoms with Gasteiger partial charge in [0.15, 0.2) is 0 Å². The van der Waals surface area contributed by atoms with Gasteiger partial charge < -0.3 is 0 Å². The molecule has 12 heavy (non-hydrogen) atoms. The maximum Gasteiger partial charge on any atom is 0.143 e. The predicted molar refractivity (Wildman–Crippen MR) is 48.9 cm³/mol. The fourth-order valence-electron chi connectivity index (χ4n) is 2.70. The third-order valence-corrected chi connectivity index (χ3v) is 3.58. The topological polar surface area (TPSA) is 17.1 Å². The fraction of sp³-hybridized carbons (Fsp3) is 0.727. The Morgan fingerprint density at radius 2 is 2.08 bits per heavy atom. The van der Waals surface area contributed by atoms with Crippen molar-refractivity contribution in [3.63, 3.8) is 0 Å². The van der Waals surface area contributed by atoms with E-state index in [-0.39, 0.29) is 5.41 Å². The van der Waals surface area contributed by atoms with E-state index in [1.165, 1.54) is 24.8 Å². The van der Waals surface area contributed by atoms with Gasteiger partial charge in [0, 0.05) is 6.42 Å². The minimum Gasteiger partial charge on any atom is -0.299 e. The highest BCUT2D eigenvalue weighted by Gasteiger charge is 2.48. The zero-order valence-electron chi connectivity index (χ0n) is 7.73. The van der Waals surface area contributed by atoms with Gasteiger partial charge in [-0.15, -0.1) is 0 Å². The molecule has 66 valence electrons. The van der Waals surface area contributed by atoms with Crippen molar-refractivity contribution in [2.24, 2.45) is 5.41 Å². The molecule has 1 unspecified atom stereocenters. The van der Waals surface area contributed by atoms with Crippen molar-refractivity contribution < 1.29 is 4.79 Å². The molecule has 2 rings (SSSR count). The van der Waals surface area contributed by atoms with Gasteiger partial charge in [0.1, 0.15) is 5.78 Å². The van der Waals surface area contributed by atoms with E-state index < -0.39 is 0 Å². The van der Waals surface area contributed by atoms with Crippen LogP contribution in [0, 0.1) is 5.41 Å². The maximum atomic E-state index is 11.5. The molecule has 1 heteroatoms. The third-order valence-electron chi connectivity index (χ3n) is 3.58. The summed E-state index contributed by atoms with van der Waals surface area (Å²) in [5, 5.41) is 0. The molecule has 0 aromatic heterocycles. The average Bonchev–Trinajstić information content (AvgIpc) is 2.15. The summed E-state index contributed by atoms with van der Waals surface area (Å²) in [6, 6.07) is 0. The number of ketones is 1. The van der Waals surface area contributed by atoms with E-state index in [1.54, 1.807) is 0 Å². The van der Waals surface area contributed by atoms with E-state index in [4.69, 9.17) is 0 Å². The number of allylic oxidation sites excluding steroid dienone is 2. The molecule has 0 aliphatic heterocycles. The molecule has 0 heterocycles. The molecule has 1 nitrogen and oxygen atoms in total. The van der Waals surface area contributed by atoms with Crippen LogP contribution in [0.2, 0.25) is 0 Å². The molecule has 2 fully saturated rings. The van der Waals surface area contributed by atoms with E-state index in [2.05, 4.69) is 13.0 Å². The van der Waals surface area contributed by atoms with Crippen LogP contribution in [-0.4, -0.2) is 5.78 Å². The Balaban J connectivity index is 2.26. The summed E-state index contributed by atoms with van der Waals surface area (Å²) in [5.41, 5.74) is 1.48. The highest BCUT2D eigenvalue weighted by Crippen LogP contribution is 2.51. The number of carbonyl (C=O) groups is 1. The lowest BCUT2D eigenvalue weighted by molar-refractivity contribution is -0.136. The summed E-state index contributed by atoms with van der Waals surface area (Å²) in [6.07, 6.45) is 8.98. The first-order valence-electron chi connectivity index (χ1n) is 4.98. The van der Waals surface area contributed by atoms with Crippen LogP contribution in [0.3, 0.4) is 0 Å². The molecule has 0 aromatic carbocycles. The van der Waals surface area contributed by atoms with Gasteiger partial charge in [0.05, 0.1) is 5.41 Å². The molecule has 0 aromatic rings. The molecule has 2 aliphatic carbocycles. The van der Waals surface area contributed by atoms with Crippen molar-refractivity contribution in [3.05, 3.63) is 11.6 Å². The number of rotatable bonds is 0. The highest BCUT2D eigenvalue weighted by atomic mass is 16.1. The van der Waals surface area contributed by atoms with E-state index in [1.807, 2.05) is 0 Å². The maximum absolute atomic E-state index is 11.5. The van der Waals surface area contributed by atoms with Crippen molar-refractivity contribution in [2.45, 2.75) is 45.4 Å². The normalized spacial score (nSPS) is 38.8. The number of carbonyl (C=O) groups excluding carboxylic acids is 1. The van der Waals surface area contributed by atoms with Gasteiger partial charge in [-0.25, -0.2) is 0 Å². The lowest BCUT2D eigenvalue weighted by Gasteiger charge is -2.45. The average molecular weight is 164 g/mol. The largest absolute Gasteiger partial charge is 0.299 e. The minimum atomic E-state index is 0.0486. The lowest BCUT2D eigenvalue weighted by atomic mass is 9.57. The Morgan fingerprint density at radius 1 is 1.25 bits per heavy atom. The first-order chi connectivity index (χ1) is 5.79. The van der Waals surface area contributed by atoms with Crippen LogP contribution in [0.1, 0.15) is 45.4 Å². The number of hydrogen-bond donors (Lipinski definition) is 0. The molecule has 0 N–H and O–H groups in total. The first-order valence-corrected chi connectivity index (χ1v) is 4.98. The van der Waals surface area contributed by atoms with Crippen molar-refractivity contribution in [1.82, 2.24) is 0 Å². The summed E-state index contributed by atoms with van der Waals surface area (Å²) in [6.45, 7) is 2.08. The van der Waals surface area contributed by atoms with Crippen LogP contribution in [0.5, 0.6) is 0 Å². The van der Waals surface area contributed by atoms with Crippen LogP contribution in [0.15, 0.2) is 11.6 Å². The number of hydrogen-bond acceptors (Lipinski definition) is 1.